The van der Waals surface area contributed by atoms with E-state index in [4.69, 9.17) is 11.6 Å². The van der Waals surface area contributed by atoms with E-state index in [1.807, 2.05) is 20.8 Å². The fourth-order valence-electron chi connectivity index (χ4n) is 3.06. The number of hydrogen-bond donors (Lipinski definition) is 1. The lowest BCUT2D eigenvalue weighted by molar-refractivity contribution is -0.119. The maximum absolute atomic E-state index is 13.1. The van der Waals surface area contributed by atoms with Crippen LogP contribution in [0.4, 0.5) is 4.39 Å². The van der Waals surface area contributed by atoms with E-state index in [1.165, 1.54) is 23.9 Å². The molecule has 1 heterocycles. The van der Waals surface area contributed by atoms with Crippen LogP contribution in [0.1, 0.15) is 32.4 Å². The van der Waals surface area contributed by atoms with Gasteiger partial charge in [-0.25, -0.2) is 9.37 Å². The summed E-state index contributed by atoms with van der Waals surface area (Å²) in [7, 11) is 0. The van der Waals surface area contributed by atoms with Crippen LogP contribution in [0, 0.1) is 11.7 Å². The van der Waals surface area contributed by atoms with Crippen molar-refractivity contribution in [2.75, 3.05) is 5.75 Å². The number of benzene rings is 2. The molecule has 0 bridgehead atoms. The molecule has 0 radical (unpaired) electrons. The number of nitrogens with zero attached hydrogens (tertiary/aromatic N) is 2. The summed E-state index contributed by atoms with van der Waals surface area (Å²) in [6, 6.07) is 10.8. The predicted molar refractivity (Wildman–Crippen MR) is 120 cm³/mol. The van der Waals surface area contributed by atoms with Gasteiger partial charge in [-0.15, -0.1) is 0 Å². The monoisotopic (exact) mass is 447 g/mol. The summed E-state index contributed by atoms with van der Waals surface area (Å²) in [6.45, 7) is 6.35. The average molecular weight is 448 g/mol. The molecule has 1 unspecified atom stereocenters. The second kappa shape index (κ2) is 9.62. The van der Waals surface area contributed by atoms with Crippen LogP contribution in [0.15, 0.2) is 52.4 Å². The van der Waals surface area contributed by atoms with Gasteiger partial charge in [-0.05, 0) is 48.7 Å². The second-order valence-corrected chi connectivity index (χ2v) is 8.87. The fraction of sp³-hybridized carbons (Fsp3) is 0.318. The highest BCUT2D eigenvalue weighted by molar-refractivity contribution is 7.99. The summed E-state index contributed by atoms with van der Waals surface area (Å²) in [4.78, 5) is 30.0. The Labute approximate surface area is 183 Å². The van der Waals surface area contributed by atoms with E-state index in [-0.39, 0.29) is 35.0 Å². The van der Waals surface area contributed by atoms with Crippen LogP contribution in [0.2, 0.25) is 5.02 Å². The molecule has 0 fully saturated rings. The minimum Gasteiger partial charge on any atom is -0.349 e. The molecular weight excluding hydrogens is 425 g/mol. The van der Waals surface area contributed by atoms with Gasteiger partial charge in [0, 0.05) is 11.6 Å². The molecule has 5 nitrogen and oxygen atoms in total. The van der Waals surface area contributed by atoms with Gasteiger partial charge in [0.15, 0.2) is 5.16 Å². The van der Waals surface area contributed by atoms with Crippen molar-refractivity contribution in [2.45, 2.75) is 38.5 Å². The van der Waals surface area contributed by atoms with Gasteiger partial charge in [0.1, 0.15) is 5.82 Å². The highest BCUT2D eigenvalue weighted by Crippen LogP contribution is 2.21. The standard InChI is InChI=1S/C22H23ClFN3O2S/c1-13(2)11-27-21(29)18-10-16(23)6-9-19(18)26-22(27)30-12-20(28)25-14(3)15-4-7-17(24)8-5-15/h4-10,13-14H,11-12H2,1-3H3,(H,25,28). The number of carbonyl (C=O) groups excluding carboxylic acids is 1. The summed E-state index contributed by atoms with van der Waals surface area (Å²) in [5, 5.41) is 4.32. The van der Waals surface area contributed by atoms with E-state index in [0.29, 0.717) is 27.6 Å². The number of fused-ring (bicyclic) bond motifs is 1. The van der Waals surface area contributed by atoms with Crippen LogP contribution in [0.3, 0.4) is 0 Å². The number of aromatic nitrogens is 2. The maximum Gasteiger partial charge on any atom is 0.262 e. The molecule has 0 saturated heterocycles. The van der Waals surface area contributed by atoms with Gasteiger partial charge in [-0.1, -0.05) is 49.3 Å². The fourth-order valence-corrected chi connectivity index (χ4v) is 4.05. The lowest BCUT2D eigenvalue weighted by atomic mass is 10.1. The first-order valence-corrected chi connectivity index (χ1v) is 11.0. The number of rotatable bonds is 7. The van der Waals surface area contributed by atoms with Gasteiger partial charge < -0.3 is 5.32 Å². The van der Waals surface area contributed by atoms with Crippen molar-refractivity contribution >= 4 is 40.2 Å². The molecule has 0 spiro atoms. The van der Waals surface area contributed by atoms with Crippen LogP contribution in [-0.4, -0.2) is 21.2 Å². The van der Waals surface area contributed by atoms with Crippen LogP contribution < -0.4 is 10.9 Å². The maximum atomic E-state index is 13.1. The van der Waals surface area contributed by atoms with E-state index >= 15 is 0 Å². The first-order valence-electron chi connectivity index (χ1n) is 9.62. The lowest BCUT2D eigenvalue weighted by Crippen LogP contribution is -2.29. The minimum absolute atomic E-state index is 0.106. The van der Waals surface area contributed by atoms with Crippen molar-refractivity contribution in [3.05, 3.63) is 69.2 Å². The molecule has 0 aliphatic carbocycles. The summed E-state index contributed by atoms with van der Waals surface area (Å²) in [5.74, 6) is -0.180. The minimum atomic E-state index is -0.320. The number of carbonyl (C=O) groups is 1. The molecule has 1 atom stereocenters. The zero-order valence-electron chi connectivity index (χ0n) is 17.0. The van der Waals surface area contributed by atoms with Crippen LogP contribution in [0.25, 0.3) is 10.9 Å². The Bertz CT molecular complexity index is 1120. The zero-order chi connectivity index (χ0) is 21.8. The number of halogens is 2. The van der Waals surface area contributed by atoms with Crippen LogP contribution >= 0.6 is 23.4 Å². The van der Waals surface area contributed by atoms with E-state index in [1.54, 1.807) is 34.9 Å². The van der Waals surface area contributed by atoms with Gasteiger partial charge >= 0.3 is 0 Å². The Kier molecular flexibility index (Phi) is 7.15. The highest BCUT2D eigenvalue weighted by atomic mass is 35.5. The smallest absolute Gasteiger partial charge is 0.262 e. The molecule has 8 heteroatoms. The average Bonchev–Trinajstić information content (AvgIpc) is 2.69. The molecule has 0 aliphatic rings. The molecule has 1 N–H and O–H groups in total. The van der Waals surface area contributed by atoms with Crippen molar-refractivity contribution in [3.63, 3.8) is 0 Å². The van der Waals surface area contributed by atoms with Crippen molar-refractivity contribution in [1.29, 1.82) is 0 Å². The Morgan fingerprint density at radius 1 is 1.20 bits per heavy atom. The van der Waals surface area contributed by atoms with Crippen LogP contribution in [-0.2, 0) is 11.3 Å². The number of nitrogens with one attached hydrogen (secondary N) is 1. The molecule has 0 saturated carbocycles. The molecule has 0 aliphatic heterocycles. The van der Waals surface area contributed by atoms with E-state index in [2.05, 4.69) is 10.3 Å². The van der Waals surface area contributed by atoms with E-state index in [9.17, 15) is 14.0 Å². The third-order valence-electron chi connectivity index (χ3n) is 4.51. The summed E-state index contributed by atoms with van der Waals surface area (Å²) < 4.78 is 14.7. The van der Waals surface area contributed by atoms with Crippen molar-refractivity contribution in [2.24, 2.45) is 5.92 Å². The first kappa shape index (κ1) is 22.3. The highest BCUT2D eigenvalue weighted by Gasteiger charge is 2.16. The summed E-state index contributed by atoms with van der Waals surface area (Å²) in [6.07, 6.45) is 0. The molecule has 2 aromatic carbocycles. The largest absolute Gasteiger partial charge is 0.349 e. The number of amides is 1. The Balaban J connectivity index is 1.78. The normalized spacial score (nSPS) is 12.3. The summed E-state index contributed by atoms with van der Waals surface area (Å²) in [5.41, 5.74) is 1.19. The molecule has 3 rings (SSSR count). The van der Waals surface area contributed by atoms with Crippen LogP contribution in [0.5, 0.6) is 0 Å². The third-order valence-corrected chi connectivity index (χ3v) is 5.72. The topological polar surface area (TPSA) is 64.0 Å². The molecule has 3 aromatic rings. The zero-order valence-corrected chi connectivity index (χ0v) is 18.6. The van der Waals surface area contributed by atoms with Crippen molar-refractivity contribution < 1.29 is 9.18 Å². The summed E-state index contributed by atoms with van der Waals surface area (Å²) >= 11 is 7.26. The molecule has 1 aromatic heterocycles. The van der Waals surface area contributed by atoms with E-state index in [0.717, 1.165) is 5.56 Å². The first-order chi connectivity index (χ1) is 14.2. The molecule has 158 valence electrons. The van der Waals surface area contributed by atoms with Gasteiger partial charge in [0.05, 0.1) is 22.7 Å². The quantitative estimate of drug-likeness (QED) is 0.417. The van der Waals surface area contributed by atoms with Gasteiger partial charge in [0.2, 0.25) is 5.91 Å². The predicted octanol–water partition coefficient (Wildman–Crippen LogP) is 4.81. The van der Waals surface area contributed by atoms with Crippen molar-refractivity contribution in [1.82, 2.24) is 14.9 Å². The number of hydrogen-bond acceptors (Lipinski definition) is 4. The van der Waals surface area contributed by atoms with E-state index < -0.39 is 0 Å². The lowest BCUT2D eigenvalue weighted by Gasteiger charge is -2.16. The van der Waals surface area contributed by atoms with Gasteiger partial charge in [-0.2, -0.15) is 0 Å². The van der Waals surface area contributed by atoms with Crippen molar-refractivity contribution in [3.8, 4) is 0 Å². The second-order valence-electron chi connectivity index (χ2n) is 7.49. The molecular formula is C22H23ClFN3O2S. The number of thioether (sulfide) groups is 1. The third kappa shape index (κ3) is 5.40. The van der Waals surface area contributed by atoms with Gasteiger partial charge in [-0.3, -0.25) is 14.2 Å². The molecule has 30 heavy (non-hydrogen) atoms. The Morgan fingerprint density at radius 3 is 2.57 bits per heavy atom. The Morgan fingerprint density at radius 2 is 1.90 bits per heavy atom. The van der Waals surface area contributed by atoms with Gasteiger partial charge in [0.25, 0.3) is 5.56 Å². The SMILES string of the molecule is CC(C)Cn1c(SCC(=O)NC(C)c2ccc(F)cc2)nc2ccc(Cl)cc2c1=O. The Hall–Kier alpha value is -2.38. The molecule has 1 amide bonds.